The van der Waals surface area contributed by atoms with Crippen LogP contribution in [0.15, 0.2) is 45.6 Å². The Morgan fingerprint density at radius 3 is 2.57 bits per heavy atom. The third kappa shape index (κ3) is 2.64. The van der Waals surface area contributed by atoms with E-state index < -0.39 is 17.6 Å². The minimum Gasteiger partial charge on any atom is -0.507 e. The van der Waals surface area contributed by atoms with Crippen LogP contribution in [0.2, 0.25) is 0 Å². The number of hydrogen-bond donors (Lipinski definition) is 3. The van der Waals surface area contributed by atoms with Gasteiger partial charge in [-0.1, -0.05) is 18.2 Å². The van der Waals surface area contributed by atoms with E-state index in [4.69, 9.17) is 9.52 Å². The number of aliphatic carboxylic acids is 1. The predicted octanol–water partition coefficient (Wildman–Crippen LogP) is 2.21. The molecule has 3 N–H and O–H groups in total. The van der Waals surface area contributed by atoms with Crippen molar-refractivity contribution < 1.29 is 19.4 Å². The number of nitrogens with one attached hydrogen (secondary N) is 1. The van der Waals surface area contributed by atoms with Gasteiger partial charge in [0.05, 0.1) is 10.9 Å². The van der Waals surface area contributed by atoms with Gasteiger partial charge >= 0.3 is 11.6 Å². The standard InChI is InChI=1S/C17H15NO5/c1-9(16(20)21)18-8-13-14(19)7-6-11-10-4-2-3-5-12(10)17(22)23-15(11)13/h2-7,9,18-19H,8H2,1H3,(H,20,21)/t9-/m0/s1. The molecule has 0 amide bonds. The number of carbonyl (C=O) groups is 1. The fraction of sp³-hybridized carbons (Fsp3) is 0.176. The highest BCUT2D eigenvalue weighted by Gasteiger charge is 2.16. The Morgan fingerprint density at radius 1 is 1.17 bits per heavy atom. The van der Waals surface area contributed by atoms with E-state index in [9.17, 15) is 14.7 Å². The maximum atomic E-state index is 12.1. The van der Waals surface area contributed by atoms with Gasteiger partial charge < -0.3 is 19.9 Å². The number of carboxylic acid groups (broad SMARTS) is 1. The summed E-state index contributed by atoms with van der Waals surface area (Å²) in [4.78, 5) is 23.0. The molecule has 6 heteroatoms. The molecule has 0 aliphatic rings. The summed E-state index contributed by atoms with van der Waals surface area (Å²) in [6, 6.07) is 9.45. The summed E-state index contributed by atoms with van der Waals surface area (Å²) in [6.07, 6.45) is 0. The molecule has 23 heavy (non-hydrogen) atoms. The molecule has 118 valence electrons. The number of carboxylic acids is 1. The van der Waals surface area contributed by atoms with Crippen LogP contribution in [0.1, 0.15) is 12.5 Å². The van der Waals surface area contributed by atoms with Crippen LogP contribution in [0.25, 0.3) is 21.7 Å². The molecular weight excluding hydrogens is 298 g/mol. The lowest BCUT2D eigenvalue weighted by Gasteiger charge is -2.12. The molecule has 0 saturated carbocycles. The van der Waals surface area contributed by atoms with Crippen LogP contribution >= 0.6 is 0 Å². The van der Waals surface area contributed by atoms with E-state index in [1.807, 2.05) is 12.1 Å². The normalized spacial score (nSPS) is 12.6. The Hall–Kier alpha value is -2.86. The van der Waals surface area contributed by atoms with Crippen molar-refractivity contribution in [3.63, 3.8) is 0 Å². The zero-order valence-electron chi connectivity index (χ0n) is 12.4. The molecule has 0 radical (unpaired) electrons. The molecule has 0 unspecified atom stereocenters. The van der Waals surface area contributed by atoms with Crippen LogP contribution in [-0.4, -0.2) is 22.2 Å². The maximum Gasteiger partial charge on any atom is 0.344 e. The van der Waals surface area contributed by atoms with Gasteiger partial charge in [-0.3, -0.25) is 4.79 Å². The second-order valence-electron chi connectivity index (χ2n) is 5.32. The van der Waals surface area contributed by atoms with Crippen LogP contribution in [0.3, 0.4) is 0 Å². The van der Waals surface area contributed by atoms with E-state index >= 15 is 0 Å². The monoisotopic (exact) mass is 313 g/mol. The Balaban J connectivity index is 2.19. The lowest BCUT2D eigenvalue weighted by Crippen LogP contribution is -2.33. The molecule has 2 aromatic carbocycles. The zero-order valence-corrected chi connectivity index (χ0v) is 12.4. The minimum absolute atomic E-state index is 0.0546. The highest BCUT2D eigenvalue weighted by Crippen LogP contribution is 2.30. The number of hydrogen-bond acceptors (Lipinski definition) is 5. The fourth-order valence-corrected chi connectivity index (χ4v) is 2.50. The van der Waals surface area contributed by atoms with Crippen LogP contribution in [0.5, 0.6) is 5.75 Å². The molecule has 0 aliphatic heterocycles. The quantitative estimate of drug-likeness (QED) is 0.504. The molecule has 3 rings (SSSR count). The average Bonchev–Trinajstić information content (AvgIpc) is 2.54. The molecule has 0 bridgehead atoms. The first kappa shape index (κ1) is 15.1. The van der Waals surface area contributed by atoms with E-state index in [0.717, 1.165) is 5.39 Å². The predicted molar refractivity (Wildman–Crippen MR) is 85.6 cm³/mol. The summed E-state index contributed by atoms with van der Waals surface area (Å²) in [6.45, 7) is 1.56. The van der Waals surface area contributed by atoms with Gasteiger partial charge in [-0.05, 0) is 30.5 Å². The lowest BCUT2D eigenvalue weighted by atomic mass is 10.0. The van der Waals surface area contributed by atoms with Crippen LogP contribution < -0.4 is 10.9 Å². The van der Waals surface area contributed by atoms with E-state index in [-0.39, 0.29) is 17.9 Å². The summed E-state index contributed by atoms with van der Waals surface area (Å²) in [7, 11) is 0. The van der Waals surface area contributed by atoms with Crippen molar-refractivity contribution in [2.45, 2.75) is 19.5 Å². The van der Waals surface area contributed by atoms with E-state index in [2.05, 4.69) is 5.32 Å². The first-order valence-electron chi connectivity index (χ1n) is 7.11. The largest absolute Gasteiger partial charge is 0.507 e. The van der Waals surface area contributed by atoms with Crippen LogP contribution in [0.4, 0.5) is 0 Å². The Labute approximate surface area is 131 Å². The highest BCUT2D eigenvalue weighted by molar-refractivity contribution is 6.05. The van der Waals surface area contributed by atoms with Crippen molar-refractivity contribution in [3.05, 3.63) is 52.4 Å². The number of benzene rings is 2. The van der Waals surface area contributed by atoms with Gasteiger partial charge in [-0.15, -0.1) is 0 Å². The van der Waals surface area contributed by atoms with Crippen molar-refractivity contribution in [2.75, 3.05) is 0 Å². The highest BCUT2D eigenvalue weighted by atomic mass is 16.4. The fourth-order valence-electron chi connectivity index (χ4n) is 2.50. The van der Waals surface area contributed by atoms with Gasteiger partial charge in [0.1, 0.15) is 17.4 Å². The lowest BCUT2D eigenvalue weighted by molar-refractivity contribution is -0.139. The summed E-state index contributed by atoms with van der Waals surface area (Å²) in [5.41, 5.74) is 0.128. The second kappa shape index (κ2) is 5.73. The SMILES string of the molecule is C[C@H](NCc1c(O)ccc2c1oc(=O)c1ccccc12)C(=O)O. The van der Waals surface area contributed by atoms with Crippen molar-refractivity contribution in [1.82, 2.24) is 5.32 Å². The summed E-state index contributed by atoms with van der Waals surface area (Å²) < 4.78 is 5.38. The van der Waals surface area contributed by atoms with Gasteiger partial charge in [-0.25, -0.2) is 4.79 Å². The first-order valence-corrected chi connectivity index (χ1v) is 7.11. The molecule has 6 nitrogen and oxygen atoms in total. The summed E-state index contributed by atoms with van der Waals surface area (Å²) >= 11 is 0. The van der Waals surface area contributed by atoms with Crippen molar-refractivity contribution in [2.24, 2.45) is 0 Å². The Kier molecular flexibility index (Phi) is 3.75. The third-order valence-electron chi connectivity index (χ3n) is 3.82. The molecule has 3 aromatic rings. The molecular formula is C17H15NO5. The molecule has 0 fully saturated rings. The van der Waals surface area contributed by atoms with Gasteiger partial charge in [-0.2, -0.15) is 0 Å². The maximum absolute atomic E-state index is 12.1. The average molecular weight is 313 g/mol. The number of phenolic OH excluding ortho intramolecular Hbond substituents is 1. The minimum atomic E-state index is -1.00. The molecule has 0 spiro atoms. The zero-order chi connectivity index (χ0) is 16.6. The molecule has 0 aliphatic carbocycles. The van der Waals surface area contributed by atoms with Gasteiger partial charge in [0.2, 0.25) is 0 Å². The van der Waals surface area contributed by atoms with E-state index in [1.165, 1.54) is 13.0 Å². The second-order valence-corrected chi connectivity index (χ2v) is 5.32. The summed E-state index contributed by atoms with van der Waals surface area (Å²) in [5, 5.41) is 23.7. The van der Waals surface area contributed by atoms with Gasteiger partial charge in [0.15, 0.2) is 0 Å². The molecule has 1 aromatic heterocycles. The van der Waals surface area contributed by atoms with Crippen LogP contribution in [-0.2, 0) is 11.3 Å². The van der Waals surface area contributed by atoms with Crippen molar-refractivity contribution >= 4 is 27.7 Å². The summed E-state index contributed by atoms with van der Waals surface area (Å²) in [5.74, 6) is -1.06. The first-order chi connectivity index (χ1) is 11.0. The van der Waals surface area contributed by atoms with Crippen molar-refractivity contribution in [1.29, 1.82) is 0 Å². The van der Waals surface area contributed by atoms with Gasteiger partial charge in [0, 0.05) is 11.9 Å². The van der Waals surface area contributed by atoms with E-state index in [0.29, 0.717) is 16.3 Å². The molecule has 1 atom stereocenters. The number of fused-ring (bicyclic) bond motifs is 3. The third-order valence-corrected chi connectivity index (χ3v) is 3.82. The van der Waals surface area contributed by atoms with Crippen LogP contribution in [0, 0.1) is 0 Å². The number of phenols is 1. The van der Waals surface area contributed by atoms with E-state index in [1.54, 1.807) is 18.2 Å². The molecule has 1 heterocycles. The Bertz CT molecular complexity index is 960. The smallest absolute Gasteiger partial charge is 0.344 e. The van der Waals surface area contributed by atoms with Gasteiger partial charge in [0.25, 0.3) is 0 Å². The Morgan fingerprint density at radius 2 is 1.87 bits per heavy atom. The molecule has 0 saturated heterocycles. The topological polar surface area (TPSA) is 99.8 Å². The number of rotatable bonds is 4. The number of aromatic hydroxyl groups is 1. The van der Waals surface area contributed by atoms with Crippen molar-refractivity contribution in [3.8, 4) is 5.75 Å².